The predicted octanol–water partition coefficient (Wildman–Crippen LogP) is 2.70. The zero-order chi connectivity index (χ0) is 19.9. The summed E-state index contributed by atoms with van der Waals surface area (Å²) < 4.78 is 0. The first kappa shape index (κ1) is 19.8. The van der Waals surface area contributed by atoms with Crippen molar-refractivity contribution in [1.29, 1.82) is 0 Å². The van der Waals surface area contributed by atoms with Gasteiger partial charge in [0.15, 0.2) is 0 Å². The second-order valence-corrected chi connectivity index (χ2v) is 7.06. The first-order valence-corrected chi connectivity index (χ1v) is 9.74. The van der Waals surface area contributed by atoms with Gasteiger partial charge in [0.2, 0.25) is 17.8 Å². The van der Waals surface area contributed by atoms with Crippen LogP contribution in [0.5, 0.6) is 0 Å². The molecule has 7 heteroatoms. The molecule has 1 saturated heterocycles. The van der Waals surface area contributed by atoms with Crippen molar-refractivity contribution >= 4 is 23.5 Å². The number of benzene rings is 1. The number of anilines is 2. The maximum absolute atomic E-state index is 12.8. The van der Waals surface area contributed by atoms with E-state index < -0.39 is 0 Å². The normalized spacial score (nSPS) is 16.5. The highest BCUT2D eigenvalue weighted by Gasteiger charge is 2.27. The smallest absolute Gasteiger partial charge is 0.229 e. The van der Waals surface area contributed by atoms with Crippen LogP contribution in [0.15, 0.2) is 42.7 Å². The fourth-order valence-corrected chi connectivity index (χ4v) is 3.49. The molecule has 2 amide bonds. The largest absolute Gasteiger partial charge is 0.340 e. The number of piperidine rings is 1. The fourth-order valence-electron chi connectivity index (χ4n) is 3.49. The average Bonchev–Trinajstić information content (AvgIpc) is 2.73. The Labute approximate surface area is 165 Å². The van der Waals surface area contributed by atoms with E-state index in [2.05, 4.69) is 20.2 Å². The Kier molecular flexibility index (Phi) is 6.57. The standard InChI is InChI=1S/C21H27N5O2/c1-3-25(16(2)27)14-17-7-4-9-19(13-17)24-20(28)18-8-5-12-26(15-18)21-22-10-6-11-23-21/h4,6-7,9-11,13,18H,3,5,8,12,14-15H2,1-2H3,(H,24,28). The number of hydrogen-bond donors (Lipinski definition) is 1. The molecule has 1 unspecified atom stereocenters. The van der Waals surface area contributed by atoms with Gasteiger partial charge >= 0.3 is 0 Å². The van der Waals surface area contributed by atoms with E-state index in [-0.39, 0.29) is 17.7 Å². The molecular weight excluding hydrogens is 354 g/mol. The van der Waals surface area contributed by atoms with Crippen LogP contribution >= 0.6 is 0 Å². The Morgan fingerprint density at radius 2 is 2.04 bits per heavy atom. The van der Waals surface area contributed by atoms with Gasteiger partial charge < -0.3 is 15.1 Å². The molecule has 1 aliphatic heterocycles. The third-order valence-corrected chi connectivity index (χ3v) is 5.02. The van der Waals surface area contributed by atoms with Crippen molar-refractivity contribution in [3.63, 3.8) is 0 Å². The van der Waals surface area contributed by atoms with E-state index in [1.807, 2.05) is 31.2 Å². The number of nitrogens with one attached hydrogen (secondary N) is 1. The van der Waals surface area contributed by atoms with Crippen molar-refractivity contribution in [2.45, 2.75) is 33.2 Å². The lowest BCUT2D eigenvalue weighted by Crippen LogP contribution is -2.41. The van der Waals surface area contributed by atoms with Gasteiger partial charge in [-0.15, -0.1) is 0 Å². The van der Waals surface area contributed by atoms with Gasteiger partial charge in [0.25, 0.3) is 0 Å². The number of carbonyl (C=O) groups excluding carboxylic acids is 2. The predicted molar refractivity (Wildman–Crippen MR) is 109 cm³/mol. The minimum absolute atomic E-state index is 0.0108. The lowest BCUT2D eigenvalue weighted by Gasteiger charge is -2.31. The Morgan fingerprint density at radius 1 is 1.25 bits per heavy atom. The topological polar surface area (TPSA) is 78.4 Å². The van der Waals surface area contributed by atoms with E-state index in [1.54, 1.807) is 30.3 Å². The van der Waals surface area contributed by atoms with Crippen molar-refractivity contribution < 1.29 is 9.59 Å². The van der Waals surface area contributed by atoms with Crippen LogP contribution in [0, 0.1) is 5.92 Å². The molecule has 2 heterocycles. The minimum atomic E-state index is -0.106. The van der Waals surface area contributed by atoms with Crippen LogP contribution in [0.2, 0.25) is 0 Å². The van der Waals surface area contributed by atoms with Gasteiger partial charge in [-0.3, -0.25) is 9.59 Å². The maximum atomic E-state index is 12.8. The van der Waals surface area contributed by atoms with E-state index in [0.717, 1.165) is 30.6 Å². The van der Waals surface area contributed by atoms with Crippen molar-refractivity contribution in [3.05, 3.63) is 48.3 Å². The van der Waals surface area contributed by atoms with Crippen LogP contribution in [0.25, 0.3) is 0 Å². The van der Waals surface area contributed by atoms with E-state index in [1.165, 1.54) is 0 Å². The summed E-state index contributed by atoms with van der Waals surface area (Å²) in [4.78, 5) is 36.9. The molecule has 28 heavy (non-hydrogen) atoms. The zero-order valence-corrected chi connectivity index (χ0v) is 16.5. The van der Waals surface area contributed by atoms with Crippen molar-refractivity contribution in [2.75, 3.05) is 29.9 Å². The third-order valence-electron chi connectivity index (χ3n) is 5.02. The molecule has 7 nitrogen and oxygen atoms in total. The average molecular weight is 381 g/mol. The van der Waals surface area contributed by atoms with Crippen LogP contribution in [0.1, 0.15) is 32.3 Å². The molecule has 1 aromatic carbocycles. The highest BCUT2D eigenvalue weighted by atomic mass is 16.2. The SMILES string of the molecule is CCN(Cc1cccc(NC(=O)C2CCCN(c3ncccn3)C2)c1)C(C)=O. The van der Waals surface area contributed by atoms with Crippen LogP contribution in [0.3, 0.4) is 0 Å². The second kappa shape index (κ2) is 9.30. The summed E-state index contributed by atoms with van der Waals surface area (Å²) in [5, 5.41) is 3.03. The van der Waals surface area contributed by atoms with Gasteiger partial charge in [-0.25, -0.2) is 9.97 Å². The fraction of sp³-hybridized carbons (Fsp3) is 0.429. The van der Waals surface area contributed by atoms with E-state index in [0.29, 0.717) is 25.6 Å². The lowest BCUT2D eigenvalue weighted by molar-refractivity contribution is -0.129. The molecule has 0 bridgehead atoms. The van der Waals surface area contributed by atoms with Gasteiger partial charge in [-0.1, -0.05) is 12.1 Å². The van der Waals surface area contributed by atoms with Gasteiger partial charge in [-0.05, 0) is 43.5 Å². The Morgan fingerprint density at radius 3 is 2.75 bits per heavy atom. The molecular formula is C21H27N5O2. The van der Waals surface area contributed by atoms with Crippen LogP contribution < -0.4 is 10.2 Å². The van der Waals surface area contributed by atoms with Crippen molar-refractivity contribution in [1.82, 2.24) is 14.9 Å². The number of nitrogens with zero attached hydrogens (tertiary/aromatic N) is 4. The summed E-state index contributed by atoms with van der Waals surface area (Å²) >= 11 is 0. The molecule has 1 N–H and O–H groups in total. The molecule has 0 spiro atoms. The second-order valence-electron chi connectivity index (χ2n) is 7.06. The van der Waals surface area contributed by atoms with E-state index in [9.17, 15) is 9.59 Å². The highest BCUT2D eigenvalue weighted by molar-refractivity contribution is 5.93. The van der Waals surface area contributed by atoms with E-state index in [4.69, 9.17) is 0 Å². The van der Waals surface area contributed by atoms with Crippen LogP contribution in [-0.2, 0) is 16.1 Å². The summed E-state index contributed by atoms with van der Waals surface area (Å²) in [6.07, 6.45) is 5.22. The van der Waals surface area contributed by atoms with Crippen LogP contribution in [0.4, 0.5) is 11.6 Å². The number of hydrogen-bond acceptors (Lipinski definition) is 5. The number of rotatable bonds is 6. The number of amides is 2. The molecule has 0 aliphatic carbocycles. The molecule has 1 aromatic heterocycles. The van der Waals surface area contributed by atoms with Gasteiger partial charge in [0, 0.05) is 51.2 Å². The lowest BCUT2D eigenvalue weighted by atomic mass is 9.97. The Balaban J connectivity index is 1.62. The molecule has 3 rings (SSSR count). The van der Waals surface area contributed by atoms with Crippen molar-refractivity contribution in [2.24, 2.45) is 5.92 Å². The molecule has 1 aliphatic rings. The molecule has 2 aromatic rings. The summed E-state index contributed by atoms with van der Waals surface area (Å²) in [6.45, 7) is 6.20. The molecule has 148 valence electrons. The monoisotopic (exact) mass is 381 g/mol. The molecule has 0 saturated carbocycles. The van der Waals surface area contributed by atoms with Gasteiger partial charge in [-0.2, -0.15) is 0 Å². The minimum Gasteiger partial charge on any atom is -0.340 e. The number of aromatic nitrogens is 2. The summed E-state index contributed by atoms with van der Waals surface area (Å²) in [6, 6.07) is 9.48. The molecule has 1 fully saturated rings. The maximum Gasteiger partial charge on any atom is 0.229 e. The quantitative estimate of drug-likeness (QED) is 0.832. The molecule has 0 radical (unpaired) electrons. The van der Waals surface area contributed by atoms with E-state index >= 15 is 0 Å². The first-order chi connectivity index (χ1) is 13.6. The highest BCUT2D eigenvalue weighted by Crippen LogP contribution is 2.22. The summed E-state index contributed by atoms with van der Waals surface area (Å²) in [5.74, 6) is 0.621. The number of carbonyl (C=O) groups is 2. The molecule has 1 atom stereocenters. The van der Waals surface area contributed by atoms with Crippen LogP contribution in [-0.4, -0.2) is 46.3 Å². The third kappa shape index (κ3) is 5.06. The van der Waals surface area contributed by atoms with Gasteiger partial charge in [0.1, 0.15) is 0 Å². The zero-order valence-electron chi connectivity index (χ0n) is 16.5. The summed E-state index contributed by atoms with van der Waals surface area (Å²) in [7, 11) is 0. The van der Waals surface area contributed by atoms with Crippen molar-refractivity contribution in [3.8, 4) is 0 Å². The first-order valence-electron chi connectivity index (χ1n) is 9.74. The Bertz CT molecular complexity index is 811. The van der Waals surface area contributed by atoms with Gasteiger partial charge in [0.05, 0.1) is 5.92 Å². The Hall–Kier alpha value is -2.96. The summed E-state index contributed by atoms with van der Waals surface area (Å²) in [5.41, 5.74) is 1.76.